The smallest absolute Gasteiger partial charge is 0.331 e. The lowest BCUT2D eigenvalue weighted by Gasteiger charge is -2.17. The molecule has 24 heavy (non-hydrogen) atoms. The summed E-state index contributed by atoms with van der Waals surface area (Å²) in [6, 6.07) is 4.88. The lowest BCUT2D eigenvalue weighted by molar-refractivity contribution is -0.153. The second-order valence-electron chi connectivity index (χ2n) is 5.02. The second-order valence-corrected chi connectivity index (χ2v) is 5.94. The van der Waals surface area contributed by atoms with Gasteiger partial charge in [-0.15, -0.1) is 0 Å². The van der Waals surface area contributed by atoms with Crippen molar-refractivity contribution in [2.24, 2.45) is 0 Å². The molecule has 1 aliphatic heterocycles. The number of carbonyl (C=O) groups is 3. The summed E-state index contributed by atoms with van der Waals surface area (Å²) in [5, 5.41) is 2.52. The fraction of sp³-hybridized carbons (Fsp3) is 0.312. The van der Waals surface area contributed by atoms with E-state index in [4.69, 9.17) is 9.47 Å². The number of urea groups is 1. The standard InChI is InChI=1S/C16H17BrN2O5/c1-10(15(21)19-8-7-18-16(19)22)24-14(20)6-3-11-9-12(17)4-5-13(11)23-2/h3-6,9-10H,7-8H2,1-2H3,(H,18,22)/b6-3+/t10-/m0/s1. The van der Waals surface area contributed by atoms with Crippen LogP contribution in [-0.4, -0.2) is 49.1 Å². The first-order chi connectivity index (χ1) is 11.4. The van der Waals surface area contributed by atoms with Crippen LogP contribution in [0.5, 0.6) is 5.75 Å². The SMILES string of the molecule is COc1ccc(Br)cc1/C=C/C(=O)O[C@@H](C)C(=O)N1CCNC1=O. The van der Waals surface area contributed by atoms with E-state index in [2.05, 4.69) is 21.2 Å². The molecule has 0 aromatic heterocycles. The van der Waals surface area contributed by atoms with Gasteiger partial charge in [-0.25, -0.2) is 9.59 Å². The fourth-order valence-corrected chi connectivity index (χ4v) is 2.54. The molecule has 1 aliphatic rings. The van der Waals surface area contributed by atoms with Crippen molar-refractivity contribution < 1.29 is 23.9 Å². The maximum atomic E-state index is 12.0. The molecule has 128 valence electrons. The predicted octanol–water partition coefficient (Wildman–Crippen LogP) is 1.95. The summed E-state index contributed by atoms with van der Waals surface area (Å²) in [5.74, 6) is -0.635. The molecule has 0 spiro atoms. The number of carbonyl (C=O) groups excluding carboxylic acids is 3. The average Bonchev–Trinajstić information content (AvgIpc) is 2.98. The summed E-state index contributed by atoms with van der Waals surface area (Å²) < 4.78 is 11.1. The monoisotopic (exact) mass is 396 g/mol. The summed E-state index contributed by atoms with van der Waals surface area (Å²) in [6.45, 7) is 2.10. The lowest BCUT2D eigenvalue weighted by atomic mass is 10.2. The van der Waals surface area contributed by atoms with Gasteiger partial charge in [-0.2, -0.15) is 0 Å². The average molecular weight is 397 g/mol. The number of nitrogens with one attached hydrogen (secondary N) is 1. The van der Waals surface area contributed by atoms with Gasteiger partial charge in [-0.05, 0) is 31.2 Å². The molecule has 0 bridgehead atoms. The summed E-state index contributed by atoms with van der Waals surface area (Å²) in [5.41, 5.74) is 0.682. The molecular formula is C16H17BrN2O5. The van der Waals surface area contributed by atoms with Crippen LogP contribution < -0.4 is 10.1 Å². The zero-order valence-electron chi connectivity index (χ0n) is 13.2. The fourth-order valence-electron chi connectivity index (χ4n) is 2.16. The van der Waals surface area contributed by atoms with Crippen LogP contribution in [0, 0.1) is 0 Å². The summed E-state index contributed by atoms with van der Waals surface area (Å²) >= 11 is 3.34. The van der Waals surface area contributed by atoms with Crippen LogP contribution >= 0.6 is 15.9 Å². The molecule has 2 rings (SSSR count). The number of imide groups is 1. The molecule has 0 aliphatic carbocycles. The van der Waals surface area contributed by atoms with Gasteiger partial charge < -0.3 is 14.8 Å². The third-order valence-electron chi connectivity index (χ3n) is 3.35. The second kappa shape index (κ2) is 7.96. The molecule has 0 saturated carbocycles. The number of nitrogens with zero attached hydrogens (tertiary/aromatic N) is 1. The summed E-state index contributed by atoms with van der Waals surface area (Å²) in [6.07, 6.45) is 1.69. The molecule has 0 radical (unpaired) electrons. The van der Waals surface area contributed by atoms with Gasteiger partial charge in [-0.3, -0.25) is 9.69 Å². The van der Waals surface area contributed by atoms with Crippen LogP contribution in [0.15, 0.2) is 28.7 Å². The highest BCUT2D eigenvalue weighted by molar-refractivity contribution is 9.10. The van der Waals surface area contributed by atoms with E-state index in [9.17, 15) is 14.4 Å². The van der Waals surface area contributed by atoms with Crippen molar-refractivity contribution in [3.63, 3.8) is 0 Å². The maximum absolute atomic E-state index is 12.0. The number of benzene rings is 1. The molecule has 3 amide bonds. The van der Waals surface area contributed by atoms with Gasteiger partial charge in [-0.1, -0.05) is 15.9 Å². The number of esters is 1. The van der Waals surface area contributed by atoms with E-state index in [0.717, 1.165) is 9.37 Å². The Bertz CT molecular complexity index is 689. The van der Waals surface area contributed by atoms with Gasteiger partial charge >= 0.3 is 12.0 Å². The van der Waals surface area contributed by atoms with E-state index in [-0.39, 0.29) is 6.54 Å². The minimum Gasteiger partial charge on any atom is -0.496 e. The highest BCUT2D eigenvalue weighted by atomic mass is 79.9. The highest BCUT2D eigenvalue weighted by Crippen LogP contribution is 2.24. The predicted molar refractivity (Wildman–Crippen MR) is 90.4 cm³/mol. The van der Waals surface area contributed by atoms with Gasteiger partial charge in [0.25, 0.3) is 5.91 Å². The number of rotatable bonds is 5. The molecule has 1 atom stereocenters. The maximum Gasteiger partial charge on any atom is 0.331 e. The number of amides is 3. The van der Waals surface area contributed by atoms with Crippen molar-refractivity contribution in [1.82, 2.24) is 10.2 Å². The largest absolute Gasteiger partial charge is 0.496 e. The Morgan fingerprint density at radius 3 is 2.79 bits per heavy atom. The van der Waals surface area contributed by atoms with E-state index in [0.29, 0.717) is 17.9 Å². The minimum absolute atomic E-state index is 0.268. The molecule has 1 aromatic rings. The first-order valence-electron chi connectivity index (χ1n) is 7.24. The van der Waals surface area contributed by atoms with Crippen LogP contribution in [0.25, 0.3) is 6.08 Å². The van der Waals surface area contributed by atoms with Crippen molar-refractivity contribution >= 4 is 39.9 Å². The zero-order chi connectivity index (χ0) is 17.7. The van der Waals surface area contributed by atoms with Crippen molar-refractivity contribution in [1.29, 1.82) is 0 Å². The van der Waals surface area contributed by atoms with Crippen molar-refractivity contribution in [3.05, 3.63) is 34.3 Å². The number of hydrogen-bond acceptors (Lipinski definition) is 5. The molecule has 8 heteroatoms. The first-order valence-corrected chi connectivity index (χ1v) is 8.03. The number of halogens is 1. The lowest BCUT2D eigenvalue weighted by Crippen LogP contribution is -2.41. The van der Waals surface area contributed by atoms with E-state index in [1.54, 1.807) is 12.1 Å². The summed E-state index contributed by atoms with van der Waals surface area (Å²) in [4.78, 5) is 36.4. The molecule has 0 unspecified atom stereocenters. The van der Waals surface area contributed by atoms with Gasteiger partial charge in [0.15, 0.2) is 6.10 Å². The van der Waals surface area contributed by atoms with Crippen molar-refractivity contribution in [3.8, 4) is 5.75 Å². The molecule has 1 aromatic carbocycles. The van der Waals surface area contributed by atoms with Gasteiger partial charge in [0.1, 0.15) is 5.75 Å². The van der Waals surface area contributed by atoms with E-state index in [1.807, 2.05) is 6.07 Å². The van der Waals surface area contributed by atoms with Crippen LogP contribution in [0.2, 0.25) is 0 Å². The van der Waals surface area contributed by atoms with Crippen LogP contribution in [0.1, 0.15) is 12.5 Å². The number of ether oxygens (including phenoxy) is 2. The molecule has 1 fully saturated rings. The van der Waals surface area contributed by atoms with Crippen LogP contribution in [-0.2, 0) is 14.3 Å². The quantitative estimate of drug-likeness (QED) is 0.607. The van der Waals surface area contributed by atoms with Crippen LogP contribution in [0.4, 0.5) is 4.79 Å². The van der Waals surface area contributed by atoms with E-state index < -0.39 is 24.0 Å². The zero-order valence-corrected chi connectivity index (χ0v) is 14.8. The third kappa shape index (κ3) is 4.35. The Morgan fingerprint density at radius 2 is 2.17 bits per heavy atom. The minimum atomic E-state index is -1.05. The van der Waals surface area contributed by atoms with E-state index >= 15 is 0 Å². The van der Waals surface area contributed by atoms with E-state index in [1.165, 1.54) is 26.2 Å². The van der Waals surface area contributed by atoms with Gasteiger partial charge in [0.2, 0.25) is 0 Å². The Hall–Kier alpha value is -2.35. The third-order valence-corrected chi connectivity index (χ3v) is 3.85. The number of methoxy groups -OCH3 is 1. The van der Waals surface area contributed by atoms with Crippen molar-refractivity contribution in [2.45, 2.75) is 13.0 Å². The molecule has 7 nitrogen and oxygen atoms in total. The number of hydrogen-bond donors (Lipinski definition) is 1. The summed E-state index contributed by atoms with van der Waals surface area (Å²) in [7, 11) is 1.53. The molecule has 1 heterocycles. The van der Waals surface area contributed by atoms with Crippen LogP contribution in [0.3, 0.4) is 0 Å². The Morgan fingerprint density at radius 1 is 1.42 bits per heavy atom. The Labute approximate surface area is 147 Å². The Kier molecular flexibility index (Phi) is 5.97. The normalized spacial score (nSPS) is 15.3. The van der Waals surface area contributed by atoms with Gasteiger partial charge in [0.05, 0.1) is 7.11 Å². The molecular weight excluding hydrogens is 380 g/mol. The first kappa shape index (κ1) is 18.0. The Balaban J connectivity index is 1.98. The van der Waals surface area contributed by atoms with Crippen molar-refractivity contribution in [2.75, 3.05) is 20.2 Å². The molecule has 1 saturated heterocycles. The van der Waals surface area contributed by atoms with Gasteiger partial charge in [0, 0.05) is 29.2 Å². The topological polar surface area (TPSA) is 84.9 Å². The highest BCUT2D eigenvalue weighted by Gasteiger charge is 2.31. The molecule has 1 N–H and O–H groups in total.